The lowest BCUT2D eigenvalue weighted by Crippen LogP contribution is -3.09. The molecular weight excluding hydrogens is 724 g/mol. The summed E-state index contributed by atoms with van der Waals surface area (Å²) in [5.41, 5.74) is 7.44. The SMILES string of the molecule is COC(=O)CN1CCOCCN(CC(=O)OC)c2ccc(C3=C4C=CC([NH+](C)C)C=C4Oc4cc(N(C)C)ccc43)cc2OCCOc2cc(C)ccc21.[Cl-]. The number of halogens is 1. The van der Waals surface area contributed by atoms with Gasteiger partial charge in [-0.2, -0.15) is 0 Å². The Morgan fingerprint density at radius 1 is 0.818 bits per heavy atom. The second kappa shape index (κ2) is 18.4. The van der Waals surface area contributed by atoms with Gasteiger partial charge in [0.25, 0.3) is 0 Å². The number of hydrogen-bond donors (Lipinski definition) is 1. The minimum atomic E-state index is -0.388. The number of anilines is 3. The Morgan fingerprint density at radius 2 is 1.44 bits per heavy atom. The summed E-state index contributed by atoms with van der Waals surface area (Å²) in [7, 11) is 11.0. The topological polar surface area (TPSA) is 104 Å². The molecule has 3 aromatic carbocycles. The van der Waals surface area contributed by atoms with Crippen LogP contribution in [0, 0.1) is 6.92 Å². The fourth-order valence-electron chi connectivity index (χ4n) is 6.71. The third-order valence-corrected chi connectivity index (χ3v) is 9.72. The number of carbonyl (C=O) groups excluding carboxylic acids is 2. The molecule has 2 aliphatic heterocycles. The van der Waals surface area contributed by atoms with E-state index < -0.39 is 0 Å². The summed E-state index contributed by atoms with van der Waals surface area (Å²) in [6, 6.07) is 18.4. The zero-order chi connectivity index (χ0) is 38.4. The van der Waals surface area contributed by atoms with Gasteiger partial charge in [0.1, 0.15) is 55.4 Å². The lowest BCUT2D eigenvalue weighted by atomic mass is 9.86. The Labute approximate surface area is 329 Å². The van der Waals surface area contributed by atoms with Crippen molar-refractivity contribution in [3.63, 3.8) is 0 Å². The molecule has 0 fully saturated rings. The van der Waals surface area contributed by atoms with Crippen molar-refractivity contribution in [1.29, 1.82) is 0 Å². The van der Waals surface area contributed by atoms with Crippen molar-refractivity contribution < 1.29 is 55.3 Å². The second-order valence-electron chi connectivity index (χ2n) is 13.9. The molecule has 1 unspecified atom stereocenters. The van der Waals surface area contributed by atoms with Crippen LogP contribution in [-0.4, -0.2) is 113 Å². The van der Waals surface area contributed by atoms with E-state index in [4.69, 9.17) is 28.4 Å². The largest absolute Gasteiger partial charge is 1.00 e. The van der Waals surface area contributed by atoms with Gasteiger partial charge in [-0.05, 0) is 66.6 Å². The number of quaternary nitrogens is 1. The minimum Gasteiger partial charge on any atom is -1.00 e. The van der Waals surface area contributed by atoms with Crippen LogP contribution in [0.4, 0.5) is 17.1 Å². The number of fused-ring (bicyclic) bond motifs is 4. The summed E-state index contributed by atoms with van der Waals surface area (Å²) in [4.78, 5) is 32.3. The van der Waals surface area contributed by atoms with E-state index in [1.165, 1.54) is 19.1 Å². The standard InChI is InChI=1S/C42H50N4O8.ClH/c1-28-8-14-34-38(22-28)52-20-21-53-39-23-29(9-15-35(39)46(27-41(48)50-7)17-19-51-18-16-45(34)26-40(47)49-6)42-32-12-10-30(43(2)3)24-36(32)54-37-25-31(44(4)5)11-13-33(37)42;/h8-15,22-25,30H,16-21,26-27H2,1-7H3;1H. The highest BCUT2D eigenvalue weighted by atomic mass is 35.5. The molecule has 294 valence electrons. The summed E-state index contributed by atoms with van der Waals surface area (Å²) in [5.74, 6) is 2.04. The third kappa shape index (κ3) is 9.56. The van der Waals surface area contributed by atoms with Crippen molar-refractivity contribution in [3.05, 3.63) is 101 Å². The number of methoxy groups -OCH3 is 2. The molecule has 6 rings (SSSR count). The molecule has 0 aromatic heterocycles. The van der Waals surface area contributed by atoms with Gasteiger partial charge in [0.05, 0.1) is 52.9 Å². The van der Waals surface area contributed by atoms with Crippen molar-refractivity contribution in [2.24, 2.45) is 0 Å². The Balaban J connectivity index is 0.00000580. The van der Waals surface area contributed by atoms with Gasteiger partial charge in [-0.3, -0.25) is 9.59 Å². The van der Waals surface area contributed by atoms with Gasteiger partial charge in [0, 0.05) is 61.7 Å². The van der Waals surface area contributed by atoms with E-state index in [0.29, 0.717) is 37.8 Å². The van der Waals surface area contributed by atoms with Crippen LogP contribution in [-0.2, 0) is 23.8 Å². The maximum absolute atomic E-state index is 12.7. The molecule has 2 heterocycles. The Kier molecular flexibility index (Phi) is 13.7. The van der Waals surface area contributed by atoms with Gasteiger partial charge in [-0.25, -0.2) is 0 Å². The number of nitrogens with zero attached hydrogens (tertiary/aromatic N) is 3. The smallest absolute Gasteiger partial charge is 0.325 e. The van der Waals surface area contributed by atoms with E-state index in [2.05, 4.69) is 61.5 Å². The molecule has 12 nitrogen and oxygen atoms in total. The Morgan fingerprint density at radius 3 is 2.04 bits per heavy atom. The van der Waals surface area contributed by atoms with Crippen molar-refractivity contribution >= 4 is 34.6 Å². The molecule has 1 aliphatic carbocycles. The Hall–Kier alpha value is -5.17. The molecule has 1 N–H and O–H groups in total. The lowest BCUT2D eigenvalue weighted by molar-refractivity contribution is -0.871. The zero-order valence-corrected chi connectivity index (χ0v) is 33.4. The van der Waals surface area contributed by atoms with Crippen LogP contribution in [0.1, 0.15) is 16.7 Å². The lowest BCUT2D eigenvalue weighted by Gasteiger charge is -2.30. The molecule has 0 amide bonds. The van der Waals surface area contributed by atoms with E-state index in [1.54, 1.807) is 0 Å². The van der Waals surface area contributed by atoms with Crippen LogP contribution in [0.2, 0.25) is 0 Å². The quantitative estimate of drug-likeness (QED) is 0.343. The number of aryl methyl sites for hydroxylation is 1. The molecule has 3 aromatic rings. The van der Waals surface area contributed by atoms with Crippen LogP contribution < -0.4 is 46.2 Å². The van der Waals surface area contributed by atoms with E-state index >= 15 is 0 Å². The molecular formula is C42H51ClN4O8. The first-order valence-electron chi connectivity index (χ1n) is 18.2. The number of esters is 2. The number of carbonyl (C=O) groups is 2. The Bertz CT molecular complexity index is 1960. The van der Waals surface area contributed by atoms with Crippen molar-refractivity contribution in [1.82, 2.24) is 0 Å². The van der Waals surface area contributed by atoms with Gasteiger partial charge >= 0.3 is 11.9 Å². The molecule has 0 spiro atoms. The number of ether oxygens (including phenoxy) is 6. The number of hydrogen-bond acceptors (Lipinski definition) is 11. The van der Waals surface area contributed by atoms with Crippen LogP contribution in [0.15, 0.2) is 84.2 Å². The first kappa shape index (κ1) is 41.0. The van der Waals surface area contributed by atoms with Gasteiger partial charge < -0.3 is 60.4 Å². The second-order valence-corrected chi connectivity index (χ2v) is 13.9. The van der Waals surface area contributed by atoms with Gasteiger partial charge in [0.15, 0.2) is 0 Å². The van der Waals surface area contributed by atoms with Crippen molar-refractivity contribution in [3.8, 4) is 17.2 Å². The average Bonchev–Trinajstić information content (AvgIpc) is 3.17. The molecule has 13 heteroatoms. The average molecular weight is 775 g/mol. The minimum absolute atomic E-state index is 0. The first-order valence-corrected chi connectivity index (χ1v) is 18.2. The number of nitrogens with one attached hydrogen (secondary N) is 1. The van der Waals surface area contributed by atoms with E-state index in [1.807, 2.05) is 61.2 Å². The summed E-state index contributed by atoms with van der Waals surface area (Å²) in [6.45, 7) is 3.89. The first-order chi connectivity index (χ1) is 26.1. The molecule has 3 aliphatic rings. The predicted octanol–water partition coefficient (Wildman–Crippen LogP) is 0.673. The zero-order valence-electron chi connectivity index (χ0n) is 32.6. The van der Waals surface area contributed by atoms with Gasteiger partial charge in [-0.15, -0.1) is 0 Å². The maximum atomic E-state index is 12.7. The van der Waals surface area contributed by atoms with E-state index in [9.17, 15) is 9.59 Å². The monoisotopic (exact) mass is 774 g/mol. The maximum Gasteiger partial charge on any atom is 0.325 e. The summed E-state index contributed by atoms with van der Waals surface area (Å²) in [6.07, 6.45) is 6.53. The highest BCUT2D eigenvalue weighted by molar-refractivity contribution is 5.92. The molecule has 0 radical (unpaired) electrons. The summed E-state index contributed by atoms with van der Waals surface area (Å²) in [5, 5.41) is 0. The number of likely N-dealkylation sites (N-methyl/N-ethyl adjacent to an activating group) is 1. The number of allylic oxidation sites excluding steroid dienone is 1. The summed E-state index contributed by atoms with van der Waals surface area (Å²) < 4.78 is 35.7. The highest BCUT2D eigenvalue weighted by Crippen LogP contribution is 2.46. The van der Waals surface area contributed by atoms with Crippen molar-refractivity contribution in [2.75, 3.05) is 110 Å². The fourth-order valence-corrected chi connectivity index (χ4v) is 6.71. The van der Waals surface area contributed by atoms with Crippen molar-refractivity contribution in [2.45, 2.75) is 13.0 Å². The van der Waals surface area contributed by atoms with Crippen LogP contribution in [0.25, 0.3) is 5.57 Å². The molecule has 0 saturated carbocycles. The van der Waals surface area contributed by atoms with Crippen LogP contribution in [0.3, 0.4) is 0 Å². The highest BCUT2D eigenvalue weighted by Gasteiger charge is 2.30. The van der Waals surface area contributed by atoms with Gasteiger partial charge in [-0.1, -0.05) is 12.1 Å². The van der Waals surface area contributed by atoms with E-state index in [-0.39, 0.29) is 56.7 Å². The number of rotatable bonds is 7. The molecule has 55 heavy (non-hydrogen) atoms. The fraction of sp³-hybridized carbons (Fsp3) is 0.381. The number of benzene rings is 3. The van der Waals surface area contributed by atoms with Gasteiger partial charge in [0.2, 0.25) is 0 Å². The molecule has 0 saturated heterocycles. The van der Waals surface area contributed by atoms with E-state index in [0.717, 1.165) is 56.4 Å². The molecule has 0 bridgehead atoms. The van der Waals surface area contributed by atoms with Crippen LogP contribution >= 0.6 is 0 Å². The normalized spacial score (nSPS) is 16.9. The summed E-state index contributed by atoms with van der Waals surface area (Å²) >= 11 is 0. The predicted molar refractivity (Wildman–Crippen MR) is 209 cm³/mol. The molecule has 1 atom stereocenters. The third-order valence-electron chi connectivity index (χ3n) is 9.72. The van der Waals surface area contributed by atoms with Crippen LogP contribution in [0.5, 0.6) is 17.2 Å².